The molecule has 2 aromatic carbocycles. The molecule has 23 heavy (non-hydrogen) atoms. The molecule has 0 spiro atoms. The fraction of sp³-hybridized carbons (Fsp3) is 0.278. The highest BCUT2D eigenvalue weighted by Gasteiger charge is 2.23. The van der Waals surface area contributed by atoms with Crippen molar-refractivity contribution in [3.8, 4) is 0 Å². The first kappa shape index (κ1) is 15.5. The van der Waals surface area contributed by atoms with Crippen LogP contribution in [0, 0.1) is 11.6 Å². The van der Waals surface area contributed by atoms with E-state index in [1.165, 1.54) is 17.3 Å². The van der Waals surface area contributed by atoms with E-state index in [0.29, 0.717) is 6.54 Å². The summed E-state index contributed by atoms with van der Waals surface area (Å²) >= 11 is 0. The van der Waals surface area contributed by atoms with E-state index in [2.05, 4.69) is 22.3 Å². The number of nitrogens with zero attached hydrogens (tertiary/aromatic N) is 1. The number of carbonyl (C=O) groups is 1. The summed E-state index contributed by atoms with van der Waals surface area (Å²) in [4.78, 5) is 14.3. The van der Waals surface area contributed by atoms with Gasteiger partial charge in [-0.25, -0.2) is 8.78 Å². The molecule has 0 radical (unpaired) electrons. The topological polar surface area (TPSA) is 32.3 Å². The second kappa shape index (κ2) is 6.36. The zero-order valence-electron chi connectivity index (χ0n) is 12.9. The molecule has 0 aromatic heterocycles. The van der Waals surface area contributed by atoms with Gasteiger partial charge in [-0.1, -0.05) is 18.2 Å². The lowest BCUT2D eigenvalue weighted by Gasteiger charge is -2.27. The van der Waals surface area contributed by atoms with Gasteiger partial charge in [0.2, 0.25) is 0 Å². The second-order valence-corrected chi connectivity index (χ2v) is 5.76. The lowest BCUT2D eigenvalue weighted by atomic mass is 10.1. The molecule has 0 fully saturated rings. The summed E-state index contributed by atoms with van der Waals surface area (Å²) in [5.74, 6) is -2.37. The van der Waals surface area contributed by atoms with Crippen LogP contribution in [0.3, 0.4) is 0 Å². The average molecular weight is 316 g/mol. The number of nitrogens with one attached hydrogen (secondary N) is 1. The van der Waals surface area contributed by atoms with Crippen LogP contribution < -0.4 is 10.2 Å². The molecule has 1 N–H and O–H groups in total. The second-order valence-electron chi connectivity index (χ2n) is 5.76. The maximum absolute atomic E-state index is 13.2. The lowest BCUT2D eigenvalue weighted by Crippen LogP contribution is -2.41. The number of anilines is 1. The standard InChI is InChI=1S/C18H18F2N2O/c1-12(22-9-8-13-4-2-3-5-17(13)22)11-21-18(23)14-6-7-15(19)16(20)10-14/h2-7,10,12H,8-9,11H2,1H3,(H,21,23)/t12-/m0/s1. The highest BCUT2D eigenvalue weighted by atomic mass is 19.2. The van der Waals surface area contributed by atoms with Gasteiger partial charge in [0.15, 0.2) is 11.6 Å². The minimum Gasteiger partial charge on any atom is -0.366 e. The first-order valence-electron chi connectivity index (χ1n) is 7.64. The molecule has 0 aliphatic carbocycles. The molecule has 1 heterocycles. The minimum absolute atomic E-state index is 0.118. The first-order chi connectivity index (χ1) is 11.1. The van der Waals surface area contributed by atoms with E-state index < -0.39 is 17.5 Å². The summed E-state index contributed by atoms with van der Waals surface area (Å²) in [5, 5.41) is 2.78. The minimum atomic E-state index is -1.01. The Labute approximate surface area is 133 Å². The lowest BCUT2D eigenvalue weighted by molar-refractivity contribution is 0.0951. The molecule has 2 aromatic rings. The zero-order chi connectivity index (χ0) is 16.4. The Balaban J connectivity index is 1.62. The van der Waals surface area contributed by atoms with E-state index in [1.54, 1.807) is 0 Å². The van der Waals surface area contributed by atoms with Crippen molar-refractivity contribution in [1.29, 1.82) is 0 Å². The smallest absolute Gasteiger partial charge is 0.251 e. The van der Waals surface area contributed by atoms with Gasteiger partial charge in [0, 0.05) is 30.4 Å². The maximum atomic E-state index is 13.2. The van der Waals surface area contributed by atoms with Crippen molar-refractivity contribution >= 4 is 11.6 Å². The number of amides is 1. The molecule has 1 amide bonds. The number of hydrogen-bond acceptors (Lipinski definition) is 2. The molecule has 3 rings (SSSR count). The van der Waals surface area contributed by atoms with Crippen LogP contribution in [0.5, 0.6) is 0 Å². The fourth-order valence-corrected chi connectivity index (χ4v) is 2.91. The summed E-state index contributed by atoms with van der Waals surface area (Å²) in [6, 6.07) is 11.5. The van der Waals surface area contributed by atoms with Crippen LogP contribution in [0.15, 0.2) is 42.5 Å². The van der Waals surface area contributed by atoms with Crippen molar-refractivity contribution in [3.63, 3.8) is 0 Å². The summed E-state index contributed by atoms with van der Waals surface area (Å²) in [6.07, 6.45) is 0.998. The normalized spacial score (nSPS) is 14.5. The molecule has 0 saturated heterocycles. The van der Waals surface area contributed by atoms with Crippen molar-refractivity contribution in [1.82, 2.24) is 5.32 Å². The Morgan fingerprint density at radius 2 is 2.00 bits per heavy atom. The van der Waals surface area contributed by atoms with Gasteiger partial charge in [0.25, 0.3) is 5.91 Å². The maximum Gasteiger partial charge on any atom is 0.251 e. The number of para-hydroxylation sites is 1. The van der Waals surface area contributed by atoms with Gasteiger partial charge in [-0.2, -0.15) is 0 Å². The van der Waals surface area contributed by atoms with Gasteiger partial charge in [0.1, 0.15) is 0 Å². The van der Waals surface area contributed by atoms with Crippen LogP contribution in [0.25, 0.3) is 0 Å². The Hall–Kier alpha value is -2.43. The zero-order valence-corrected chi connectivity index (χ0v) is 12.9. The van der Waals surface area contributed by atoms with E-state index in [0.717, 1.165) is 25.1 Å². The third-order valence-corrected chi connectivity index (χ3v) is 4.19. The fourth-order valence-electron chi connectivity index (χ4n) is 2.91. The molecular formula is C18H18F2N2O. The van der Waals surface area contributed by atoms with E-state index in [9.17, 15) is 13.6 Å². The van der Waals surface area contributed by atoms with E-state index >= 15 is 0 Å². The van der Waals surface area contributed by atoms with Crippen LogP contribution in [0.2, 0.25) is 0 Å². The Kier molecular flexibility index (Phi) is 4.28. The van der Waals surface area contributed by atoms with Crippen molar-refractivity contribution in [2.24, 2.45) is 0 Å². The van der Waals surface area contributed by atoms with Gasteiger partial charge in [0.05, 0.1) is 0 Å². The number of rotatable bonds is 4. The summed E-state index contributed by atoms with van der Waals surface area (Å²) in [5.41, 5.74) is 2.63. The molecule has 3 nitrogen and oxygen atoms in total. The van der Waals surface area contributed by atoms with Crippen LogP contribution in [0.1, 0.15) is 22.8 Å². The summed E-state index contributed by atoms with van der Waals surface area (Å²) < 4.78 is 26.1. The van der Waals surface area contributed by atoms with Crippen LogP contribution >= 0.6 is 0 Å². The van der Waals surface area contributed by atoms with Crippen LogP contribution in [-0.4, -0.2) is 25.0 Å². The van der Waals surface area contributed by atoms with E-state index in [1.807, 2.05) is 19.1 Å². The van der Waals surface area contributed by atoms with Crippen LogP contribution in [0.4, 0.5) is 14.5 Å². The molecule has 5 heteroatoms. The third kappa shape index (κ3) is 3.18. The third-order valence-electron chi connectivity index (χ3n) is 4.19. The highest BCUT2D eigenvalue weighted by Crippen LogP contribution is 2.28. The summed E-state index contributed by atoms with van der Waals surface area (Å²) in [7, 11) is 0. The predicted molar refractivity (Wildman–Crippen MR) is 85.6 cm³/mol. The van der Waals surface area contributed by atoms with Crippen LogP contribution in [-0.2, 0) is 6.42 Å². The van der Waals surface area contributed by atoms with Crippen molar-refractivity contribution in [2.45, 2.75) is 19.4 Å². The van der Waals surface area contributed by atoms with Gasteiger partial charge >= 0.3 is 0 Å². The predicted octanol–water partition coefficient (Wildman–Crippen LogP) is 3.15. The Morgan fingerprint density at radius 1 is 1.22 bits per heavy atom. The van der Waals surface area contributed by atoms with E-state index in [-0.39, 0.29) is 11.6 Å². The molecule has 120 valence electrons. The molecule has 0 saturated carbocycles. The molecule has 1 aliphatic heterocycles. The molecule has 1 atom stereocenters. The quantitative estimate of drug-likeness (QED) is 0.940. The van der Waals surface area contributed by atoms with Crippen molar-refractivity contribution in [3.05, 3.63) is 65.2 Å². The number of benzene rings is 2. The van der Waals surface area contributed by atoms with Gasteiger partial charge in [-0.3, -0.25) is 4.79 Å². The molecule has 0 bridgehead atoms. The molecule has 0 unspecified atom stereocenters. The Bertz CT molecular complexity index is 733. The number of carbonyl (C=O) groups excluding carboxylic acids is 1. The SMILES string of the molecule is C[C@@H](CNC(=O)c1ccc(F)c(F)c1)N1CCc2ccccc21. The van der Waals surface area contributed by atoms with Crippen molar-refractivity contribution in [2.75, 3.05) is 18.0 Å². The number of hydrogen-bond donors (Lipinski definition) is 1. The molecular weight excluding hydrogens is 298 g/mol. The Morgan fingerprint density at radius 3 is 2.78 bits per heavy atom. The van der Waals surface area contributed by atoms with Crippen molar-refractivity contribution < 1.29 is 13.6 Å². The monoisotopic (exact) mass is 316 g/mol. The number of fused-ring (bicyclic) bond motifs is 1. The van der Waals surface area contributed by atoms with Gasteiger partial charge < -0.3 is 10.2 Å². The van der Waals surface area contributed by atoms with Gasteiger partial charge in [-0.05, 0) is 43.2 Å². The van der Waals surface area contributed by atoms with E-state index in [4.69, 9.17) is 0 Å². The highest BCUT2D eigenvalue weighted by molar-refractivity contribution is 5.94. The van der Waals surface area contributed by atoms with Gasteiger partial charge in [-0.15, -0.1) is 0 Å². The molecule has 1 aliphatic rings. The first-order valence-corrected chi connectivity index (χ1v) is 7.64. The number of halogens is 2. The largest absolute Gasteiger partial charge is 0.366 e. The summed E-state index contributed by atoms with van der Waals surface area (Å²) in [6.45, 7) is 3.39. The average Bonchev–Trinajstić information content (AvgIpc) is 2.99.